The minimum atomic E-state index is -0.432. The number of halogens is 1. The van der Waals surface area contributed by atoms with Crippen molar-refractivity contribution in [1.29, 1.82) is 0 Å². The van der Waals surface area contributed by atoms with Crippen molar-refractivity contribution in [2.75, 3.05) is 17.7 Å². The first kappa shape index (κ1) is 23.7. The van der Waals surface area contributed by atoms with Crippen molar-refractivity contribution in [1.82, 2.24) is 9.55 Å². The Hall–Kier alpha value is -3.50. The van der Waals surface area contributed by atoms with E-state index in [1.807, 2.05) is 0 Å². The minimum absolute atomic E-state index is 0.00558. The van der Waals surface area contributed by atoms with Crippen LogP contribution >= 0.6 is 23.1 Å². The number of nitrogens with one attached hydrogen (secondary N) is 1. The number of carbonyl (C=O) groups excluding carboxylic acids is 2. The Labute approximate surface area is 202 Å². The minimum Gasteiger partial charge on any atom is -0.462 e. The zero-order chi connectivity index (χ0) is 24.1. The summed E-state index contributed by atoms with van der Waals surface area (Å²) < 4.78 is 21.1. The van der Waals surface area contributed by atoms with E-state index < -0.39 is 11.8 Å². The van der Waals surface area contributed by atoms with Gasteiger partial charge in [-0.05, 0) is 48.7 Å². The van der Waals surface area contributed by atoms with Crippen molar-refractivity contribution in [3.63, 3.8) is 0 Å². The Morgan fingerprint density at radius 2 is 1.91 bits per heavy atom. The first-order valence-corrected chi connectivity index (χ1v) is 12.2. The molecule has 7 nitrogen and oxygen atoms in total. The molecule has 0 aliphatic heterocycles. The summed E-state index contributed by atoms with van der Waals surface area (Å²) in [6, 6.07) is 14.3. The van der Waals surface area contributed by atoms with Gasteiger partial charge in [0.05, 0.1) is 30.0 Å². The second kappa shape index (κ2) is 10.6. The van der Waals surface area contributed by atoms with Crippen LogP contribution in [0.25, 0.3) is 10.2 Å². The molecule has 0 saturated heterocycles. The van der Waals surface area contributed by atoms with Crippen molar-refractivity contribution < 1.29 is 18.7 Å². The number of rotatable bonds is 8. The molecule has 4 rings (SSSR count). The number of benzene rings is 2. The summed E-state index contributed by atoms with van der Waals surface area (Å²) in [6.45, 7) is 2.01. The number of hydrogen-bond acceptors (Lipinski definition) is 7. The van der Waals surface area contributed by atoms with Gasteiger partial charge in [-0.3, -0.25) is 14.2 Å². The molecular formula is C24H20FN3O4S2. The lowest BCUT2D eigenvalue weighted by Gasteiger charge is -2.13. The largest absolute Gasteiger partial charge is 0.462 e. The predicted molar refractivity (Wildman–Crippen MR) is 131 cm³/mol. The quantitative estimate of drug-likeness (QED) is 0.218. The lowest BCUT2D eigenvalue weighted by Crippen LogP contribution is -2.24. The number of ether oxygens (including phenoxy) is 1. The van der Waals surface area contributed by atoms with Crippen LogP contribution in [-0.2, 0) is 16.1 Å². The summed E-state index contributed by atoms with van der Waals surface area (Å²) in [6.07, 6.45) is 0. The van der Waals surface area contributed by atoms with Gasteiger partial charge in [0.2, 0.25) is 5.91 Å². The van der Waals surface area contributed by atoms with Crippen molar-refractivity contribution in [2.24, 2.45) is 0 Å². The van der Waals surface area contributed by atoms with Crippen LogP contribution in [0, 0.1) is 5.82 Å². The van der Waals surface area contributed by atoms with Gasteiger partial charge in [-0.1, -0.05) is 30.0 Å². The number of thioether (sulfide) groups is 1. The Bertz CT molecular complexity index is 1400. The highest BCUT2D eigenvalue weighted by Crippen LogP contribution is 2.22. The highest BCUT2D eigenvalue weighted by atomic mass is 32.2. The van der Waals surface area contributed by atoms with Gasteiger partial charge in [0.25, 0.3) is 5.56 Å². The molecule has 0 bridgehead atoms. The average Bonchev–Trinajstić information content (AvgIpc) is 3.30. The molecular weight excluding hydrogens is 477 g/mol. The van der Waals surface area contributed by atoms with E-state index in [2.05, 4.69) is 10.3 Å². The number of amides is 1. The molecule has 2 aromatic heterocycles. The molecule has 0 spiro atoms. The summed E-state index contributed by atoms with van der Waals surface area (Å²) in [5.74, 6) is -1.18. The molecule has 0 aliphatic rings. The zero-order valence-electron chi connectivity index (χ0n) is 18.1. The summed E-state index contributed by atoms with van der Waals surface area (Å²) in [5, 5.41) is 4.85. The summed E-state index contributed by atoms with van der Waals surface area (Å²) in [5.41, 5.74) is 1.52. The second-order valence-corrected chi connectivity index (χ2v) is 9.01. The molecule has 0 radical (unpaired) electrons. The van der Waals surface area contributed by atoms with Gasteiger partial charge in [0.1, 0.15) is 10.5 Å². The molecule has 0 saturated carbocycles. The smallest absolute Gasteiger partial charge is 0.338 e. The second-order valence-electron chi connectivity index (χ2n) is 7.15. The number of hydrogen-bond donors (Lipinski definition) is 1. The fourth-order valence-corrected chi connectivity index (χ4v) is 4.78. The Morgan fingerprint density at radius 1 is 1.15 bits per heavy atom. The molecule has 0 atom stereocenters. The van der Waals surface area contributed by atoms with Crippen molar-refractivity contribution in [3.05, 3.63) is 87.3 Å². The molecule has 0 aliphatic carbocycles. The summed E-state index contributed by atoms with van der Waals surface area (Å²) in [4.78, 5) is 41.9. The number of anilines is 1. The average molecular weight is 498 g/mol. The number of nitrogens with zero attached hydrogens (tertiary/aromatic N) is 2. The van der Waals surface area contributed by atoms with Gasteiger partial charge in [-0.15, -0.1) is 11.3 Å². The van der Waals surface area contributed by atoms with Crippen LogP contribution in [0.15, 0.2) is 69.9 Å². The highest BCUT2D eigenvalue weighted by Gasteiger charge is 2.16. The SMILES string of the molecule is CCOC(=O)c1ccc(NC(=O)CSc2nc3ccsc3c(=O)n2Cc2ccccc2F)cc1. The van der Waals surface area contributed by atoms with Gasteiger partial charge in [0, 0.05) is 11.3 Å². The van der Waals surface area contributed by atoms with Gasteiger partial charge in [0.15, 0.2) is 5.16 Å². The molecule has 1 amide bonds. The van der Waals surface area contributed by atoms with Crippen LogP contribution < -0.4 is 10.9 Å². The summed E-state index contributed by atoms with van der Waals surface area (Å²) >= 11 is 2.37. The molecule has 174 valence electrons. The topological polar surface area (TPSA) is 90.3 Å². The number of aromatic nitrogens is 2. The lowest BCUT2D eigenvalue weighted by molar-refractivity contribution is -0.113. The van der Waals surface area contributed by atoms with E-state index in [0.29, 0.717) is 32.2 Å². The molecule has 34 heavy (non-hydrogen) atoms. The maximum atomic E-state index is 14.2. The maximum Gasteiger partial charge on any atom is 0.338 e. The van der Waals surface area contributed by atoms with E-state index in [1.165, 1.54) is 22.0 Å². The normalized spacial score (nSPS) is 10.9. The Kier molecular flexibility index (Phi) is 7.39. The Morgan fingerprint density at radius 3 is 2.65 bits per heavy atom. The maximum absolute atomic E-state index is 14.2. The molecule has 0 fully saturated rings. The van der Waals surface area contributed by atoms with Crippen LogP contribution in [0.3, 0.4) is 0 Å². The highest BCUT2D eigenvalue weighted by molar-refractivity contribution is 7.99. The number of carbonyl (C=O) groups is 2. The van der Waals surface area contributed by atoms with Crippen LogP contribution in [-0.4, -0.2) is 33.8 Å². The number of esters is 1. The van der Waals surface area contributed by atoms with Crippen LogP contribution in [0.1, 0.15) is 22.8 Å². The lowest BCUT2D eigenvalue weighted by atomic mass is 10.2. The van der Waals surface area contributed by atoms with Gasteiger partial charge >= 0.3 is 5.97 Å². The third kappa shape index (κ3) is 5.35. The molecule has 4 aromatic rings. The zero-order valence-corrected chi connectivity index (χ0v) is 19.7. The van der Waals surface area contributed by atoms with E-state index in [9.17, 15) is 18.8 Å². The third-order valence-electron chi connectivity index (χ3n) is 4.83. The van der Waals surface area contributed by atoms with E-state index >= 15 is 0 Å². The first-order valence-electron chi connectivity index (χ1n) is 10.4. The van der Waals surface area contributed by atoms with Crippen molar-refractivity contribution >= 4 is 50.9 Å². The van der Waals surface area contributed by atoms with Crippen LogP contribution in [0.5, 0.6) is 0 Å². The van der Waals surface area contributed by atoms with Gasteiger partial charge in [-0.2, -0.15) is 0 Å². The number of fused-ring (bicyclic) bond motifs is 1. The van der Waals surface area contributed by atoms with Crippen molar-refractivity contribution in [2.45, 2.75) is 18.6 Å². The Balaban J connectivity index is 1.50. The van der Waals surface area contributed by atoms with E-state index in [4.69, 9.17) is 4.74 Å². The predicted octanol–water partition coefficient (Wildman–Crippen LogP) is 4.55. The van der Waals surface area contributed by atoms with Gasteiger partial charge < -0.3 is 10.1 Å². The number of thiophene rings is 1. The van der Waals surface area contributed by atoms with Crippen molar-refractivity contribution in [3.8, 4) is 0 Å². The van der Waals surface area contributed by atoms with E-state index in [1.54, 1.807) is 60.8 Å². The molecule has 10 heteroatoms. The fourth-order valence-electron chi connectivity index (χ4n) is 3.20. The standard InChI is InChI=1S/C24H20FN3O4S2/c1-2-32-23(31)15-7-9-17(10-8-15)26-20(29)14-34-24-27-19-11-12-33-21(19)22(30)28(24)13-16-5-3-4-6-18(16)25/h3-12H,2,13-14H2,1H3,(H,26,29). The third-order valence-corrected chi connectivity index (χ3v) is 6.70. The molecule has 1 N–H and O–H groups in total. The van der Waals surface area contributed by atoms with E-state index in [0.717, 1.165) is 11.8 Å². The fraction of sp³-hybridized carbons (Fsp3) is 0.167. The van der Waals surface area contributed by atoms with Crippen LogP contribution in [0.4, 0.5) is 10.1 Å². The van der Waals surface area contributed by atoms with Gasteiger partial charge in [-0.25, -0.2) is 14.2 Å². The molecule has 2 aromatic carbocycles. The van der Waals surface area contributed by atoms with E-state index in [-0.39, 0.29) is 30.4 Å². The summed E-state index contributed by atoms with van der Waals surface area (Å²) in [7, 11) is 0. The molecule has 2 heterocycles. The first-order chi connectivity index (χ1) is 16.5. The van der Waals surface area contributed by atoms with Crippen LogP contribution in [0.2, 0.25) is 0 Å². The molecule has 0 unspecified atom stereocenters. The monoisotopic (exact) mass is 497 g/mol.